The maximum atomic E-state index is 14.9. The smallest absolute Gasteiger partial charge is 0.159 e. The summed E-state index contributed by atoms with van der Waals surface area (Å²) in [5.74, 6) is 0.356. The molecule has 1 fully saturated rings. The third-order valence-electron chi connectivity index (χ3n) is 8.73. The lowest BCUT2D eigenvalue weighted by molar-refractivity contribution is 0.334. The second-order valence-corrected chi connectivity index (χ2v) is 12.7. The number of aromatic nitrogens is 5. The van der Waals surface area contributed by atoms with Crippen molar-refractivity contribution >= 4 is 23.3 Å². The van der Waals surface area contributed by atoms with Crippen LogP contribution in [0.25, 0.3) is 34.8 Å². The van der Waals surface area contributed by atoms with Crippen LogP contribution in [0.4, 0.5) is 4.39 Å². The van der Waals surface area contributed by atoms with Crippen LogP contribution in [0.3, 0.4) is 0 Å². The van der Waals surface area contributed by atoms with Crippen LogP contribution in [0.2, 0.25) is 0 Å². The molecule has 0 unspecified atom stereocenters. The first-order valence-electron chi connectivity index (χ1n) is 16.7. The first-order chi connectivity index (χ1) is 22.7. The number of nitrogens with zero attached hydrogens (tertiary/aromatic N) is 5. The van der Waals surface area contributed by atoms with Crippen LogP contribution in [0.15, 0.2) is 62.0 Å². The molecule has 0 amide bonds. The minimum absolute atomic E-state index is 0.262. The summed E-state index contributed by atoms with van der Waals surface area (Å²) in [7, 11) is 4.10. The highest BCUT2D eigenvalue weighted by Crippen LogP contribution is 2.28. The summed E-state index contributed by atoms with van der Waals surface area (Å²) in [5.41, 5.74) is 7.85. The Balaban J connectivity index is 1.43. The van der Waals surface area contributed by atoms with Crippen LogP contribution in [0.5, 0.6) is 0 Å². The van der Waals surface area contributed by atoms with E-state index in [0.717, 1.165) is 88.6 Å². The Kier molecular flexibility index (Phi) is 11.5. The van der Waals surface area contributed by atoms with Gasteiger partial charge in [-0.25, -0.2) is 9.37 Å². The molecule has 7 nitrogen and oxygen atoms in total. The summed E-state index contributed by atoms with van der Waals surface area (Å²) in [4.78, 5) is 17.7. The van der Waals surface area contributed by atoms with E-state index in [1.165, 1.54) is 31.5 Å². The maximum absolute atomic E-state index is 14.9. The summed E-state index contributed by atoms with van der Waals surface area (Å²) in [5, 5.41) is 9.59. The predicted octanol–water partition coefficient (Wildman–Crippen LogP) is 6.08. The predicted molar refractivity (Wildman–Crippen MR) is 193 cm³/mol. The van der Waals surface area contributed by atoms with Crippen molar-refractivity contribution in [3.8, 4) is 11.5 Å². The van der Waals surface area contributed by atoms with Gasteiger partial charge in [-0.1, -0.05) is 37.5 Å². The topological polar surface area (TPSA) is 76.7 Å². The molecule has 4 heterocycles. The number of likely N-dealkylation sites (tertiary alicyclic amines) is 1. The SMILES string of the molecule is C=C/C=C(/c1cc(F)cc(CCCN(C)C)c1)c1nc(-c2n[nH]c(=C/C)/c2=C\C(=C)c2cncc(CCCN3CCCC3)c2)[nH]c1C. The minimum atomic E-state index is -0.262. The molecule has 1 aliphatic rings. The lowest BCUT2D eigenvalue weighted by Gasteiger charge is -2.14. The standard InChI is InChI=1S/C39H48FN7/c1-7-13-34(31-21-29(23-33(40)24-31)14-11-16-46(5)6)37-28(4)42-39(43-37)38-35(36(8-2)44-45-38)20-27(3)32-22-30(25-41-26-32)15-12-19-47-17-9-10-18-47/h7-8,13,20-26,44H,1,3,9-12,14-19H2,2,4-6H3,(H,42,43)/b34-13-,35-20+,36-8+. The van der Waals surface area contributed by atoms with Crippen LogP contribution in [0.1, 0.15) is 66.2 Å². The molecule has 8 heteroatoms. The first kappa shape index (κ1) is 33.9. The lowest BCUT2D eigenvalue weighted by atomic mass is 9.97. The maximum Gasteiger partial charge on any atom is 0.159 e. The van der Waals surface area contributed by atoms with Crippen molar-refractivity contribution in [2.24, 2.45) is 0 Å². The number of nitrogens with one attached hydrogen (secondary N) is 2. The summed E-state index contributed by atoms with van der Waals surface area (Å²) in [6.07, 6.45) is 18.0. The average Bonchev–Trinajstić information content (AvgIpc) is 3.80. The molecule has 0 atom stereocenters. The van der Waals surface area contributed by atoms with E-state index in [1.54, 1.807) is 18.2 Å². The van der Waals surface area contributed by atoms with Crippen molar-refractivity contribution < 1.29 is 4.39 Å². The number of hydrogen-bond donors (Lipinski definition) is 2. The number of halogens is 1. The van der Waals surface area contributed by atoms with E-state index < -0.39 is 0 Å². The van der Waals surface area contributed by atoms with Gasteiger partial charge >= 0.3 is 0 Å². The van der Waals surface area contributed by atoms with Gasteiger partial charge in [0.1, 0.15) is 11.5 Å². The molecule has 3 aromatic heterocycles. The molecule has 246 valence electrons. The van der Waals surface area contributed by atoms with Gasteiger partial charge < -0.3 is 14.8 Å². The van der Waals surface area contributed by atoms with E-state index in [0.29, 0.717) is 11.5 Å². The summed E-state index contributed by atoms with van der Waals surface area (Å²) in [6, 6.07) is 7.43. The van der Waals surface area contributed by atoms with Gasteiger partial charge in [0.15, 0.2) is 5.82 Å². The fourth-order valence-corrected chi connectivity index (χ4v) is 6.30. The Morgan fingerprint density at radius 3 is 2.55 bits per heavy atom. The number of H-pyrrole nitrogens is 2. The Morgan fingerprint density at radius 2 is 1.81 bits per heavy atom. The third kappa shape index (κ3) is 8.70. The zero-order valence-electron chi connectivity index (χ0n) is 28.4. The van der Waals surface area contributed by atoms with Crippen molar-refractivity contribution in [2.75, 3.05) is 40.3 Å². The molecular weight excluding hydrogens is 585 g/mol. The molecule has 0 aliphatic carbocycles. The Morgan fingerprint density at radius 1 is 1.04 bits per heavy atom. The summed E-state index contributed by atoms with van der Waals surface area (Å²) >= 11 is 0. The molecule has 1 aromatic carbocycles. The van der Waals surface area contributed by atoms with E-state index in [1.807, 2.05) is 58.6 Å². The van der Waals surface area contributed by atoms with E-state index in [-0.39, 0.29) is 5.82 Å². The van der Waals surface area contributed by atoms with E-state index in [2.05, 4.69) is 55.3 Å². The molecule has 0 saturated carbocycles. The molecule has 1 saturated heterocycles. The van der Waals surface area contributed by atoms with Crippen LogP contribution in [-0.4, -0.2) is 75.2 Å². The Labute approximate surface area is 278 Å². The Bertz CT molecular complexity index is 1850. The molecule has 0 spiro atoms. The second-order valence-electron chi connectivity index (χ2n) is 12.7. The highest BCUT2D eigenvalue weighted by Gasteiger charge is 2.18. The van der Waals surface area contributed by atoms with Crippen LogP contribution >= 0.6 is 0 Å². The van der Waals surface area contributed by atoms with Gasteiger partial charge in [-0.3, -0.25) is 10.1 Å². The Hall–Kier alpha value is -4.40. The van der Waals surface area contributed by atoms with Crippen molar-refractivity contribution in [1.82, 2.24) is 34.9 Å². The molecule has 4 aromatic rings. The fraction of sp³-hybridized carbons (Fsp3) is 0.359. The number of benzene rings is 1. The van der Waals surface area contributed by atoms with Gasteiger partial charge in [0.25, 0.3) is 0 Å². The monoisotopic (exact) mass is 633 g/mol. The molecular formula is C39H48FN7. The van der Waals surface area contributed by atoms with E-state index in [4.69, 9.17) is 4.98 Å². The summed E-state index contributed by atoms with van der Waals surface area (Å²) < 4.78 is 14.9. The molecule has 0 radical (unpaired) electrons. The zero-order valence-corrected chi connectivity index (χ0v) is 28.4. The number of allylic oxidation sites excluding steroid dienone is 3. The molecule has 2 N–H and O–H groups in total. The largest absolute Gasteiger partial charge is 0.340 e. The van der Waals surface area contributed by atoms with Crippen molar-refractivity contribution in [3.05, 3.63) is 112 Å². The van der Waals surface area contributed by atoms with Crippen molar-refractivity contribution in [3.63, 3.8) is 0 Å². The van der Waals surface area contributed by atoms with Crippen LogP contribution in [-0.2, 0) is 12.8 Å². The van der Waals surface area contributed by atoms with Crippen molar-refractivity contribution in [2.45, 2.75) is 52.4 Å². The van der Waals surface area contributed by atoms with Gasteiger partial charge in [0.2, 0.25) is 0 Å². The lowest BCUT2D eigenvalue weighted by Crippen LogP contribution is -2.23. The molecule has 0 bridgehead atoms. The highest BCUT2D eigenvalue weighted by atomic mass is 19.1. The van der Waals surface area contributed by atoms with E-state index >= 15 is 0 Å². The number of aromatic amines is 2. The second kappa shape index (κ2) is 15.9. The van der Waals surface area contributed by atoms with Gasteiger partial charge in [-0.2, -0.15) is 5.10 Å². The molecule has 1 aliphatic heterocycles. The van der Waals surface area contributed by atoms with Gasteiger partial charge in [-0.15, -0.1) is 0 Å². The average molecular weight is 634 g/mol. The number of hydrogen-bond acceptors (Lipinski definition) is 5. The zero-order chi connectivity index (χ0) is 33.3. The number of rotatable bonds is 14. The van der Waals surface area contributed by atoms with E-state index in [9.17, 15) is 4.39 Å². The quantitative estimate of drug-likeness (QED) is 0.165. The van der Waals surface area contributed by atoms with Crippen LogP contribution < -0.4 is 10.6 Å². The number of imidazole rings is 1. The highest BCUT2D eigenvalue weighted by molar-refractivity contribution is 5.88. The van der Waals surface area contributed by atoms with Gasteiger partial charge in [0.05, 0.1) is 11.0 Å². The summed E-state index contributed by atoms with van der Waals surface area (Å²) in [6.45, 7) is 16.8. The first-order valence-corrected chi connectivity index (χ1v) is 16.7. The van der Waals surface area contributed by atoms with Gasteiger partial charge in [-0.05, 0) is 145 Å². The third-order valence-corrected chi connectivity index (χ3v) is 8.73. The molecule has 5 rings (SSSR count). The fourth-order valence-electron chi connectivity index (χ4n) is 6.30. The minimum Gasteiger partial charge on any atom is -0.340 e. The number of pyridine rings is 1. The van der Waals surface area contributed by atoms with Crippen molar-refractivity contribution in [1.29, 1.82) is 0 Å². The van der Waals surface area contributed by atoms with Gasteiger partial charge in [0, 0.05) is 28.9 Å². The van der Waals surface area contributed by atoms with Crippen LogP contribution in [0, 0.1) is 12.7 Å². The number of aryl methyl sites for hydroxylation is 3. The molecule has 47 heavy (non-hydrogen) atoms. The normalized spacial score (nSPS) is 14.9.